The van der Waals surface area contributed by atoms with E-state index in [9.17, 15) is 0 Å². The number of hydrogen-bond acceptors (Lipinski definition) is 3. The maximum absolute atomic E-state index is 5.39. The van der Waals surface area contributed by atoms with Crippen LogP contribution in [0.2, 0.25) is 0 Å². The standard InChI is InChI=1S/C14H17NOS/c1-11-2-3-14-13(8-11)12(10-17-14)9-15-4-6-16-7-5-15/h2-3,8,10H,4-7,9H2,1H3. The second-order valence-electron chi connectivity index (χ2n) is 4.65. The van der Waals surface area contributed by atoms with Crippen molar-refractivity contribution in [2.45, 2.75) is 13.5 Å². The molecule has 1 aliphatic heterocycles. The van der Waals surface area contributed by atoms with Crippen molar-refractivity contribution in [3.63, 3.8) is 0 Å². The zero-order chi connectivity index (χ0) is 11.7. The molecule has 2 nitrogen and oxygen atoms in total. The Morgan fingerprint density at radius 2 is 2.12 bits per heavy atom. The van der Waals surface area contributed by atoms with Gasteiger partial charge in [0, 0.05) is 24.3 Å². The molecule has 0 radical (unpaired) electrons. The molecule has 3 heteroatoms. The van der Waals surface area contributed by atoms with Crippen molar-refractivity contribution in [3.8, 4) is 0 Å². The second kappa shape index (κ2) is 4.77. The first-order chi connectivity index (χ1) is 8.33. The smallest absolute Gasteiger partial charge is 0.0594 e. The van der Waals surface area contributed by atoms with Crippen molar-refractivity contribution in [1.82, 2.24) is 4.90 Å². The molecule has 0 atom stereocenters. The minimum atomic E-state index is 0.876. The van der Waals surface area contributed by atoms with Crippen LogP contribution >= 0.6 is 11.3 Å². The van der Waals surface area contributed by atoms with Crippen LogP contribution in [0.3, 0.4) is 0 Å². The summed E-state index contributed by atoms with van der Waals surface area (Å²) in [6, 6.07) is 6.73. The lowest BCUT2D eigenvalue weighted by Gasteiger charge is -2.26. The Hall–Kier alpha value is -0.900. The molecule has 1 aliphatic rings. The predicted molar refractivity (Wildman–Crippen MR) is 72.7 cm³/mol. The summed E-state index contributed by atoms with van der Waals surface area (Å²) in [4.78, 5) is 2.48. The van der Waals surface area contributed by atoms with Gasteiger partial charge in [0.15, 0.2) is 0 Å². The lowest BCUT2D eigenvalue weighted by molar-refractivity contribution is 0.0344. The molecule has 90 valence electrons. The fraction of sp³-hybridized carbons (Fsp3) is 0.429. The van der Waals surface area contributed by atoms with Gasteiger partial charge in [-0.3, -0.25) is 4.90 Å². The van der Waals surface area contributed by atoms with Gasteiger partial charge in [0.05, 0.1) is 13.2 Å². The monoisotopic (exact) mass is 247 g/mol. The molecule has 3 rings (SSSR count). The number of rotatable bonds is 2. The van der Waals surface area contributed by atoms with Crippen LogP contribution in [0.15, 0.2) is 23.6 Å². The fourth-order valence-electron chi connectivity index (χ4n) is 2.32. The van der Waals surface area contributed by atoms with Crippen molar-refractivity contribution in [1.29, 1.82) is 0 Å². The predicted octanol–water partition coefficient (Wildman–Crippen LogP) is 3.04. The van der Waals surface area contributed by atoms with Gasteiger partial charge in [-0.15, -0.1) is 11.3 Å². The average molecular weight is 247 g/mol. The first-order valence-electron chi connectivity index (χ1n) is 6.10. The summed E-state index contributed by atoms with van der Waals surface area (Å²) in [5.41, 5.74) is 2.81. The number of aryl methyl sites for hydroxylation is 1. The minimum Gasteiger partial charge on any atom is -0.379 e. The van der Waals surface area contributed by atoms with Gasteiger partial charge in [-0.25, -0.2) is 0 Å². The summed E-state index contributed by atoms with van der Waals surface area (Å²) in [5.74, 6) is 0. The van der Waals surface area contributed by atoms with E-state index in [4.69, 9.17) is 4.74 Å². The van der Waals surface area contributed by atoms with Gasteiger partial charge in [-0.1, -0.05) is 17.7 Å². The van der Waals surface area contributed by atoms with Gasteiger partial charge in [0.25, 0.3) is 0 Å². The van der Waals surface area contributed by atoms with E-state index in [1.807, 2.05) is 11.3 Å². The third-order valence-corrected chi connectivity index (χ3v) is 4.32. The van der Waals surface area contributed by atoms with E-state index < -0.39 is 0 Å². The van der Waals surface area contributed by atoms with Gasteiger partial charge < -0.3 is 4.74 Å². The highest BCUT2D eigenvalue weighted by Crippen LogP contribution is 2.28. The lowest BCUT2D eigenvalue weighted by Crippen LogP contribution is -2.35. The highest BCUT2D eigenvalue weighted by Gasteiger charge is 2.13. The van der Waals surface area contributed by atoms with E-state index in [0.29, 0.717) is 0 Å². The maximum Gasteiger partial charge on any atom is 0.0594 e. The number of fused-ring (bicyclic) bond motifs is 1. The van der Waals surface area contributed by atoms with E-state index in [2.05, 4.69) is 35.4 Å². The molecule has 0 aliphatic carbocycles. The zero-order valence-electron chi connectivity index (χ0n) is 10.1. The molecule has 2 heterocycles. The van der Waals surface area contributed by atoms with E-state index in [1.54, 1.807) is 0 Å². The molecule has 17 heavy (non-hydrogen) atoms. The van der Waals surface area contributed by atoms with Crippen molar-refractivity contribution >= 4 is 21.4 Å². The number of nitrogens with zero attached hydrogens (tertiary/aromatic N) is 1. The summed E-state index contributed by atoms with van der Waals surface area (Å²) in [7, 11) is 0. The van der Waals surface area contributed by atoms with E-state index in [0.717, 1.165) is 32.8 Å². The fourth-order valence-corrected chi connectivity index (χ4v) is 3.25. The Morgan fingerprint density at radius 1 is 1.29 bits per heavy atom. The van der Waals surface area contributed by atoms with Crippen LogP contribution < -0.4 is 0 Å². The molecule has 0 bridgehead atoms. The van der Waals surface area contributed by atoms with Crippen LogP contribution in [-0.4, -0.2) is 31.2 Å². The van der Waals surface area contributed by atoms with Gasteiger partial charge >= 0.3 is 0 Å². The largest absolute Gasteiger partial charge is 0.379 e. The Balaban J connectivity index is 1.86. The Labute approximate surface area is 106 Å². The minimum absolute atomic E-state index is 0.876. The molecule has 2 aromatic rings. The first kappa shape index (κ1) is 11.2. The molecule has 1 saturated heterocycles. The number of morpholine rings is 1. The Kier molecular flexibility index (Phi) is 3.14. The molecule has 1 aromatic carbocycles. The summed E-state index contributed by atoms with van der Waals surface area (Å²) >= 11 is 1.85. The SMILES string of the molecule is Cc1ccc2scc(CN3CCOCC3)c2c1. The van der Waals surface area contributed by atoms with Crippen LogP contribution in [-0.2, 0) is 11.3 Å². The van der Waals surface area contributed by atoms with Crippen LogP contribution in [0.4, 0.5) is 0 Å². The summed E-state index contributed by atoms with van der Waals surface area (Å²) < 4.78 is 6.79. The van der Waals surface area contributed by atoms with Crippen molar-refractivity contribution < 1.29 is 4.74 Å². The van der Waals surface area contributed by atoms with Crippen LogP contribution in [0.5, 0.6) is 0 Å². The van der Waals surface area contributed by atoms with Crippen LogP contribution in [0, 0.1) is 6.92 Å². The third-order valence-electron chi connectivity index (χ3n) is 3.31. The summed E-state index contributed by atoms with van der Waals surface area (Å²) in [5, 5.41) is 3.74. The molecule has 1 aromatic heterocycles. The molecule has 0 saturated carbocycles. The van der Waals surface area contributed by atoms with Gasteiger partial charge in [-0.05, 0) is 29.3 Å². The highest BCUT2D eigenvalue weighted by atomic mass is 32.1. The number of thiophene rings is 1. The summed E-state index contributed by atoms with van der Waals surface area (Å²) in [6.07, 6.45) is 0. The quantitative estimate of drug-likeness (QED) is 0.809. The van der Waals surface area contributed by atoms with Crippen molar-refractivity contribution in [2.75, 3.05) is 26.3 Å². The second-order valence-corrected chi connectivity index (χ2v) is 5.56. The van der Waals surface area contributed by atoms with Crippen LogP contribution in [0.1, 0.15) is 11.1 Å². The zero-order valence-corrected chi connectivity index (χ0v) is 10.9. The van der Waals surface area contributed by atoms with E-state index in [1.165, 1.54) is 21.2 Å². The molecule has 0 unspecified atom stereocenters. The molecule has 0 spiro atoms. The number of ether oxygens (including phenoxy) is 1. The topological polar surface area (TPSA) is 12.5 Å². The third kappa shape index (κ3) is 2.37. The van der Waals surface area contributed by atoms with Gasteiger partial charge in [0.2, 0.25) is 0 Å². The summed E-state index contributed by atoms with van der Waals surface area (Å²) in [6.45, 7) is 7.09. The molecule has 1 fully saturated rings. The number of hydrogen-bond donors (Lipinski definition) is 0. The van der Waals surface area contributed by atoms with Crippen LogP contribution in [0.25, 0.3) is 10.1 Å². The Morgan fingerprint density at radius 3 is 2.94 bits per heavy atom. The van der Waals surface area contributed by atoms with Crippen molar-refractivity contribution in [2.24, 2.45) is 0 Å². The molecular formula is C14H17NOS. The highest BCUT2D eigenvalue weighted by molar-refractivity contribution is 7.17. The van der Waals surface area contributed by atoms with E-state index in [-0.39, 0.29) is 0 Å². The normalized spacial score (nSPS) is 17.7. The number of benzene rings is 1. The first-order valence-corrected chi connectivity index (χ1v) is 6.98. The molecular weight excluding hydrogens is 230 g/mol. The van der Waals surface area contributed by atoms with Gasteiger partial charge in [-0.2, -0.15) is 0 Å². The van der Waals surface area contributed by atoms with E-state index >= 15 is 0 Å². The molecule has 0 amide bonds. The van der Waals surface area contributed by atoms with Gasteiger partial charge in [0.1, 0.15) is 0 Å². The molecule has 0 N–H and O–H groups in total. The Bertz CT molecular complexity index is 514. The maximum atomic E-state index is 5.39. The van der Waals surface area contributed by atoms with Crippen molar-refractivity contribution in [3.05, 3.63) is 34.7 Å². The lowest BCUT2D eigenvalue weighted by atomic mass is 10.1. The average Bonchev–Trinajstić information content (AvgIpc) is 2.73.